The number of ether oxygens (including phenoxy) is 1. The lowest BCUT2D eigenvalue weighted by Crippen LogP contribution is -2.37. The minimum Gasteiger partial charge on any atom is -0.462 e. The molecule has 2 aromatic carbocycles. The Morgan fingerprint density at radius 2 is 1.62 bits per heavy atom. The van der Waals surface area contributed by atoms with Crippen molar-refractivity contribution >= 4 is 23.4 Å². The van der Waals surface area contributed by atoms with Crippen LogP contribution in [0.3, 0.4) is 0 Å². The lowest BCUT2D eigenvalue weighted by molar-refractivity contribution is 0.0523. The number of benzene rings is 2. The number of hydrogen-bond acceptors (Lipinski definition) is 6. The summed E-state index contributed by atoms with van der Waals surface area (Å²) < 4.78 is 6.41. The quantitative estimate of drug-likeness (QED) is 0.390. The fraction of sp³-hybridized carbons (Fsp3) is 0.276. The summed E-state index contributed by atoms with van der Waals surface area (Å²) in [5.74, 6) is -1.60. The van der Waals surface area contributed by atoms with Crippen LogP contribution in [0.1, 0.15) is 74.3 Å². The Labute approximate surface area is 214 Å². The molecule has 4 rings (SSSR count). The van der Waals surface area contributed by atoms with Gasteiger partial charge in [0.25, 0.3) is 11.5 Å². The highest BCUT2D eigenvalue weighted by Gasteiger charge is 2.35. The van der Waals surface area contributed by atoms with E-state index < -0.39 is 17.4 Å². The van der Waals surface area contributed by atoms with Crippen LogP contribution in [-0.4, -0.2) is 41.2 Å². The summed E-state index contributed by atoms with van der Waals surface area (Å²) in [5, 5.41) is 2.61. The van der Waals surface area contributed by atoms with Crippen LogP contribution in [0.25, 0.3) is 5.69 Å². The van der Waals surface area contributed by atoms with Gasteiger partial charge in [0.15, 0.2) is 11.6 Å². The highest BCUT2D eigenvalue weighted by atomic mass is 16.5. The topological polar surface area (TPSA) is 112 Å². The SMILES string of the molecule is CCOC(=O)c1cc2c(n(-c3ccc(C(=O)NCC(=O)c4ccccc4)cc3)c1=O)CC(C)(C)CC2=O. The molecule has 0 radical (unpaired) electrons. The van der Waals surface area contributed by atoms with Crippen molar-refractivity contribution in [1.29, 1.82) is 0 Å². The molecule has 1 aromatic heterocycles. The first-order chi connectivity index (χ1) is 17.6. The smallest absolute Gasteiger partial charge is 0.343 e. The molecule has 0 saturated heterocycles. The molecule has 0 unspecified atom stereocenters. The van der Waals surface area contributed by atoms with E-state index in [1.54, 1.807) is 49.4 Å². The van der Waals surface area contributed by atoms with Crippen LogP contribution in [0.5, 0.6) is 0 Å². The van der Waals surface area contributed by atoms with Crippen LogP contribution in [0, 0.1) is 5.41 Å². The number of Topliss-reactive ketones (excluding diaryl/α,β-unsaturated/α-hetero) is 2. The number of aromatic nitrogens is 1. The zero-order chi connectivity index (χ0) is 26.7. The monoisotopic (exact) mass is 500 g/mol. The van der Waals surface area contributed by atoms with Gasteiger partial charge < -0.3 is 10.1 Å². The number of fused-ring (bicyclic) bond motifs is 1. The van der Waals surface area contributed by atoms with Gasteiger partial charge in [0, 0.05) is 34.5 Å². The fourth-order valence-electron chi connectivity index (χ4n) is 4.49. The molecule has 0 bridgehead atoms. The largest absolute Gasteiger partial charge is 0.462 e. The average Bonchev–Trinajstić information content (AvgIpc) is 2.87. The summed E-state index contributed by atoms with van der Waals surface area (Å²) in [6.45, 7) is 5.47. The molecule has 190 valence electrons. The van der Waals surface area contributed by atoms with Gasteiger partial charge in [0.1, 0.15) is 5.56 Å². The number of nitrogens with zero attached hydrogens (tertiary/aromatic N) is 1. The van der Waals surface area contributed by atoms with Gasteiger partial charge in [0.2, 0.25) is 0 Å². The van der Waals surface area contributed by atoms with Crippen molar-refractivity contribution in [3.8, 4) is 5.69 Å². The minimum atomic E-state index is -0.791. The number of rotatable bonds is 7. The van der Waals surface area contributed by atoms with Crippen LogP contribution >= 0.6 is 0 Å². The van der Waals surface area contributed by atoms with Gasteiger partial charge >= 0.3 is 5.97 Å². The number of ketones is 2. The van der Waals surface area contributed by atoms with Crippen LogP contribution < -0.4 is 10.9 Å². The number of nitrogens with one attached hydrogen (secondary N) is 1. The van der Waals surface area contributed by atoms with Crippen molar-refractivity contribution in [2.75, 3.05) is 13.2 Å². The van der Waals surface area contributed by atoms with E-state index in [1.807, 2.05) is 13.8 Å². The van der Waals surface area contributed by atoms with E-state index in [9.17, 15) is 24.0 Å². The Balaban J connectivity index is 1.66. The average molecular weight is 501 g/mol. The molecule has 0 spiro atoms. The molecule has 3 aromatic rings. The summed E-state index contributed by atoms with van der Waals surface area (Å²) in [4.78, 5) is 63.8. The second kappa shape index (κ2) is 10.3. The third kappa shape index (κ3) is 5.43. The van der Waals surface area contributed by atoms with E-state index in [2.05, 4.69) is 5.32 Å². The molecule has 0 aliphatic heterocycles. The van der Waals surface area contributed by atoms with Crippen LogP contribution in [0.4, 0.5) is 0 Å². The summed E-state index contributed by atoms with van der Waals surface area (Å²) in [6, 6.07) is 16.2. The number of carbonyl (C=O) groups excluding carboxylic acids is 4. The van der Waals surface area contributed by atoms with E-state index in [1.165, 1.54) is 22.8 Å². The highest BCUT2D eigenvalue weighted by molar-refractivity contribution is 6.02. The first-order valence-electron chi connectivity index (χ1n) is 12.1. The van der Waals surface area contributed by atoms with Crippen LogP contribution in [-0.2, 0) is 11.2 Å². The number of amides is 1. The summed E-state index contributed by atoms with van der Waals surface area (Å²) in [7, 11) is 0. The van der Waals surface area contributed by atoms with Gasteiger partial charge in [0.05, 0.1) is 13.2 Å². The Morgan fingerprint density at radius 3 is 2.27 bits per heavy atom. The Bertz CT molecular complexity index is 1440. The molecule has 0 atom stereocenters. The Kier molecular flexibility index (Phi) is 7.20. The Morgan fingerprint density at radius 1 is 0.946 bits per heavy atom. The molecule has 0 fully saturated rings. The summed E-state index contributed by atoms with van der Waals surface area (Å²) in [5.41, 5.74) is 0.881. The predicted molar refractivity (Wildman–Crippen MR) is 138 cm³/mol. The zero-order valence-electron chi connectivity index (χ0n) is 21.0. The summed E-state index contributed by atoms with van der Waals surface area (Å²) in [6.07, 6.45) is 0.748. The maximum Gasteiger partial charge on any atom is 0.343 e. The molecule has 37 heavy (non-hydrogen) atoms. The zero-order valence-corrected chi connectivity index (χ0v) is 21.0. The maximum absolute atomic E-state index is 13.4. The molecule has 1 heterocycles. The molecule has 8 nitrogen and oxygen atoms in total. The molecular weight excluding hydrogens is 472 g/mol. The second-order valence-electron chi connectivity index (χ2n) is 9.74. The van der Waals surface area contributed by atoms with E-state index in [-0.39, 0.29) is 35.7 Å². The van der Waals surface area contributed by atoms with Gasteiger partial charge in [-0.25, -0.2) is 4.79 Å². The maximum atomic E-state index is 13.4. The van der Waals surface area contributed by atoms with E-state index in [4.69, 9.17) is 4.74 Å². The fourth-order valence-corrected chi connectivity index (χ4v) is 4.49. The van der Waals surface area contributed by atoms with Crippen LogP contribution in [0.2, 0.25) is 0 Å². The molecular formula is C29H28N2O6. The highest BCUT2D eigenvalue weighted by Crippen LogP contribution is 2.35. The third-order valence-electron chi connectivity index (χ3n) is 6.28. The second-order valence-corrected chi connectivity index (χ2v) is 9.74. The molecule has 1 aliphatic rings. The lowest BCUT2D eigenvalue weighted by atomic mass is 9.75. The summed E-state index contributed by atoms with van der Waals surface area (Å²) >= 11 is 0. The number of esters is 1. The molecule has 1 amide bonds. The number of pyridine rings is 1. The molecule has 1 aliphatic carbocycles. The first-order valence-corrected chi connectivity index (χ1v) is 12.1. The third-order valence-corrected chi connectivity index (χ3v) is 6.28. The standard InChI is InChI=1S/C29H28N2O6/c1-4-37-28(36)22-14-21-23(15-29(2,3)16-24(21)32)31(27(22)35)20-12-10-19(11-13-20)26(34)30-17-25(33)18-8-6-5-7-9-18/h5-14H,4,15-17H2,1-3H3,(H,30,34). The number of carbonyl (C=O) groups is 4. The van der Waals surface area contributed by atoms with Crippen molar-refractivity contribution in [3.63, 3.8) is 0 Å². The van der Waals surface area contributed by atoms with Crippen LogP contribution in [0.15, 0.2) is 65.5 Å². The van der Waals surface area contributed by atoms with Gasteiger partial charge in [-0.1, -0.05) is 44.2 Å². The van der Waals surface area contributed by atoms with Gasteiger partial charge in [-0.15, -0.1) is 0 Å². The first kappa shape index (κ1) is 25.8. The Hall–Kier alpha value is -4.33. The molecule has 8 heteroatoms. The lowest BCUT2D eigenvalue weighted by Gasteiger charge is -2.32. The van der Waals surface area contributed by atoms with E-state index >= 15 is 0 Å². The van der Waals surface area contributed by atoms with Crippen molar-refractivity contribution in [2.24, 2.45) is 5.41 Å². The van der Waals surface area contributed by atoms with Crippen molar-refractivity contribution in [3.05, 3.63) is 99.0 Å². The normalized spacial score (nSPS) is 14.0. The molecule has 0 saturated carbocycles. The molecule has 1 N–H and O–H groups in total. The van der Waals surface area contributed by atoms with Gasteiger partial charge in [-0.2, -0.15) is 0 Å². The van der Waals surface area contributed by atoms with Gasteiger partial charge in [-0.3, -0.25) is 23.7 Å². The number of hydrogen-bond donors (Lipinski definition) is 1. The van der Waals surface area contributed by atoms with Crippen molar-refractivity contribution in [1.82, 2.24) is 9.88 Å². The van der Waals surface area contributed by atoms with E-state index in [0.717, 1.165) is 0 Å². The minimum absolute atomic E-state index is 0.0902. The van der Waals surface area contributed by atoms with Crippen molar-refractivity contribution < 1.29 is 23.9 Å². The van der Waals surface area contributed by atoms with Gasteiger partial charge in [-0.05, 0) is 49.1 Å². The van der Waals surface area contributed by atoms with E-state index in [0.29, 0.717) is 40.9 Å². The van der Waals surface area contributed by atoms with Crippen molar-refractivity contribution in [2.45, 2.75) is 33.6 Å². The predicted octanol–water partition coefficient (Wildman–Crippen LogP) is 3.78.